The normalized spacial score (nSPS) is 14.0. The number of nitrogens with zero attached hydrogens (tertiary/aromatic N) is 1. The van der Waals surface area contributed by atoms with Crippen LogP contribution < -0.4 is 11.1 Å². The minimum atomic E-state index is -0.495. The first kappa shape index (κ1) is 21.0. The fourth-order valence-corrected chi connectivity index (χ4v) is 4.81. The van der Waals surface area contributed by atoms with Gasteiger partial charge in [-0.25, -0.2) is 0 Å². The van der Waals surface area contributed by atoms with E-state index in [0.717, 1.165) is 6.42 Å². The Kier molecular flexibility index (Phi) is 4.80. The first-order chi connectivity index (χ1) is 13.2. The lowest BCUT2D eigenvalue weighted by molar-refractivity contribution is 0.0965. The maximum atomic E-state index is 13.5. The summed E-state index contributed by atoms with van der Waals surface area (Å²) < 4.78 is 1.21. The summed E-state index contributed by atoms with van der Waals surface area (Å²) >= 11 is 0. The molecule has 6 nitrogen and oxygen atoms in total. The van der Waals surface area contributed by atoms with Crippen molar-refractivity contribution >= 4 is 11.6 Å². The molecule has 1 N–H and O–H groups in total. The minimum Gasteiger partial charge on any atom is -0.318 e. The number of ketones is 2. The first-order valence-corrected chi connectivity index (χ1v) is 9.78. The van der Waals surface area contributed by atoms with Gasteiger partial charge in [-0.2, -0.15) is 0 Å². The fourth-order valence-electron chi connectivity index (χ4n) is 4.81. The van der Waals surface area contributed by atoms with Crippen LogP contribution in [0.3, 0.4) is 0 Å². The molecule has 0 bridgehead atoms. The third kappa shape index (κ3) is 3.76. The highest BCUT2D eigenvalue weighted by molar-refractivity contribution is 6.28. The van der Waals surface area contributed by atoms with Crippen LogP contribution in [0.1, 0.15) is 84.3 Å². The van der Waals surface area contributed by atoms with Crippen molar-refractivity contribution in [2.75, 3.05) is 0 Å². The molecule has 0 fully saturated rings. The van der Waals surface area contributed by atoms with Crippen molar-refractivity contribution < 1.29 is 9.59 Å². The number of carbonyl (C=O) groups is 2. The SMILES string of the molecule is Cc1cc(=O)[nH]c2c1C(=O)c1c(CC(C)(C)CC(C)(C)C)cc(=O)n(C)c1C2=O. The van der Waals surface area contributed by atoms with Gasteiger partial charge in [-0.3, -0.25) is 19.2 Å². The van der Waals surface area contributed by atoms with Crippen LogP contribution in [-0.2, 0) is 13.5 Å². The standard InChI is InChI=1S/C23H28N2O4/c1-12-8-14(26)24-18-16(12)20(28)17-13(10-23(5,6)11-22(2,3)4)9-15(27)25(7)19(17)21(18)29/h8-9H,10-11H2,1-7H3,(H,24,26). The molecule has 0 aliphatic heterocycles. The molecule has 0 saturated heterocycles. The maximum Gasteiger partial charge on any atom is 0.251 e. The van der Waals surface area contributed by atoms with Crippen molar-refractivity contribution in [2.45, 2.75) is 54.4 Å². The molecule has 154 valence electrons. The van der Waals surface area contributed by atoms with Crippen LogP contribution in [0, 0.1) is 17.8 Å². The Hall–Kier alpha value is -2.76. The highest BCUT2D eigenvalue weighted by Crippen LogP contribution is 2.38. The van der Waals surface area contributed by atoms with Crippen LogP contribution in [0.2, 0.25) is 0 Å². The molecule has 29 heavy (non-hydrogen) atoms. The van der Waals surface area contributed by atoms with Crippen molar-refractivity contribution in [3.05, 3.63) is 66.5 Å². The summed E-state index contributed by atoms with van der Waals surface area (Å²) in [4.78, 5) is 53.6. The van der Waals surface area contributed by atoms with Crippen molar-refractivity contribution in [1.29, 1.82) is 0 Å². The van der Waals surface area contributed by atoms with Gasteiger partial charge in [0, 0.05) is 19.2 Å². The molecule has 0 atom stereocenters. The number of hydrogen-bond donors (Lipinski definition) is 1. The fraction of sp³-hybridized carbons (Fsp3) is 0.478. The lowest BCUT2D eigenvalue weighted by Gasteiger charge is -2.33. The Morgan fingerprint density at radius 3 is 2.14 bits per heavy atom. The second kappa shape index (κ2) is 6.65. The summed E-state index contributed by atoms with van der Waals surface area (Å²) in [6, 6.07) is 2.79. The maximum absolute atomic E-state index is 13.5. The molecular weight excluding hydrogens is 368 g/mol. The Labute approximate surface area is 170 Å². The number of H-pyrrole nitrogens is 1. The number of hydrogen-bond acceptors (Lipinski definition) is 4. The molecule has 0 amide bonds. The summed E-state index contributed by atoms with van der Waals surface area (Å²) in [5.41, 5.74) is 0.675. The van der Waals surface area contributed by atoms with Gasteiger partial charge >= 0.3 is 0 Å². The summed E-state index contributed by atoms with van der Waals surface area (Å²) in [5.74, 6) is -0.814. The zero-order valence-electron chi connectivity index (χ0n) is 18.1. The highest BCUT2D eigenvalue weighted by atomic mass is 16.2. The molecule has 0 aromatic carbocycles. The zero-order valence-corrected chi connectivity index (χ0v) is 18.1. The molecule has 3 rings (SSSR count). The smallest absolute Gasteiger partial charge is 0.251 e. The topological polar surface area (TPSA) is 89.0 Å². The van der Waals surface area contributed by atoms with Crippen LogP contribution in [0.25, 0.3) is 0 Å². The number of aromatic nitrogens is 2. The second-order valence-corrected chi connectivity index (χ2v) is 10.1. The largest absolute Gasteiger partial charge is 0.318 e. The molecule has 0 saturated carbocycles. The van der Waals surface area contributed by atoms with E-state index >= 15 is 0 Å². The van der Waals surface area contributed by atoms with Gasteiger partial charge < -0.3 is 9.55 Å². The third-order valence-electron chi connectivity index (χ3n) is 5.34. The third-order valence-corrected chi connectivity index (χ3v) is 5.34. The number of rotatable bonds is 3. The summed E-state index contributed by atoms with van der Waals surface area (Å²) in [7, 11) is 1.48. The van der Waals surface area contributed by atoms with Crippen LogP contribution in [0.15, 0.2) is 21.7 Å². The van der Waals surface area contributed by atoms with E-state index in [1.165, 1.54) is 23.7 Å². The van der Waals surface area contributed by atoms with E-state index in [1.807, 2.05) is 0 Å². The average molecular weight is 396 g/mol. The summed E-state index contributed by atoms with van der Waals surface area (Å²) in [5, 5.41) is 0. The lowest BCUT2D eigenvalue weighted by atomic mass is 9.72. The van der Waals surface area contributed by atoms with E-state index in [2.05, 4.69) is 39.6 Å². The Bertz CT molecular complexity index is 1160. The van der Waals surface area contributed by atoms with Crippen LogP contribution in [0.4, 0.5) is 0 Å². The van der Waals surface area contributed by atoms with Gasteiger partial charge in [0.1, 0.15) is 11.4 Å². The van der Waals surface area contributed by atoms with E-state index in [1.54, 1.807) is 6.92 Å². The van der Waals surface area contributed by atoms with Crippen LogP contribution >= 0.6 is 0 Å². The van der Waals surface area contributed by atoms with Gasteiger partial charge in [0.05, 0.1) is 11.1 Å². The van der Waals surface area contributed by atoms with Gasteiger partial charge in [-0.15, -0.1) is 0 Å². The van der Waals surface area contributed by atoms with Crippen LogP contribution in [-0.4, -0.2) is 21.1 Å². The van der Waals surface area contributed by atoms with E-state index < -0.39 is 11.3 Å². The van der Waals surface area contributed by atoms with E-state index in [4.69, 9.17) is 0 Å². The molecule has 6 heteroatoms. The molecule has 2 heterocycles. The number of aryl methyl sites for hydroxylation is 1. The van der Waals surface area contributed by atoms with Crippen molar-refractivity contribution in [3.8, 4) is 0 Å². The number of fused-ring (bicyclic) bond motifs is 2. The van der Waals surface area contributed by atoms with Crippen molar-refractivity contribution in [2.24, 2.45) is 17.9 Å². The van der Waals surface area contributed by atoms with Gasteiger partial charge in [0.2, 0.25) is 11.3 Å². The molecule has 1 aliphatic rings. The molecule has 0 radical (unpaired) electrons. The molecular formula is C23H28N2O4. The number of pyridine rings is 2. The van der Waals surface area contributed by atoms with E-state index in [-0.39, 0.29) is 44.7 Å². The number of aromatic amines is 1. The number of carbonyl (C=O) groups excluding carboxylic acids is 2. The summed E-state index contributed by atoms with van der Waals surface area (Å²) in [6.45, 7) is 12.3. The van der Waals surface area contributed by atoms with Crippen molar-refractivity contribution in [1.82, 2.24) is 9.55 Å². The summed E-state index contributed by atoms with van der Waals surface area (Å²) in [6.07, 6.45) is 1.38. The van der Waals surface area contributed by atoms with Gasteiger partial charge in [-0.1, -0.05) is 34.6 Å². The molecule has 1 aliphatic carbocycles. The number of nitrogens with one attached hydrogen (secondary N) is 1. The van der Waals surface area contributed by atoms with E-state index in [0.29, 0.717) is 17.5 Å². The average Bonchev–Trinajstić information content (AvgIpc) is 2.52. The molecule has 2 aromatic heterocycles. The predicted molar refractivity (Wildman–Crippen MR) is 112 cm³/mol. The highest BCUT2D eigenvalue weighted by Gasteiger charge is 2.37. The van der Waals surface area contributed by atoms with Gasteiger partial charge in [0.25, 0.3) is 5.56 Å². The van der Waals surface area contributed by atoms with E-state index in [9.17, 15) is 19.2 Å². The van der Waals surface area contributed by atoms with Crippen molar-refractivity contribution in [3.63, 3.8) is 0 Å². The van der Waals surface area contributed by atoms with Crippen LogP contribution in [0.5, 0.6) is 0 Å². The predicted octanol–water partition coefficient (Wildman–Crippen LogP) is 3.16. The second-order valence-electron chi connectivity index (χ2n) is 10.1. The monoisotopic (exact) mass is 396 g/mol. The Balaban J connectivity index is 2.26. The molecule has 0 spiro atoms. The molecule has 0 unspecified atom stereocenters. The lowest BCUT2D eigenvalue weighted by Crippen LogP contribution is -2.36. The molecule has 2 aromatic rings. The van der Waals surface area contributed by atoms with Gasteiger partial charge in [0.15, 0.2) is 5.78 Å². The quantitative estimate of drug-likeness (QED) is 0.736. The van der Waals surface area contributed by atoms with Gasteiger partial charge in [-0.05, 0) is 41.7 Å². The minimum absolute atomic E-state index is 0.0337. The first-order valence-electron chi connectivity index (χ1n) is 9.78. The Morgan fingerprint density at radius 2 is 1.55 bits per heavy atom. The zero-order chi connectivity index (χ0) is 21.9. The Morgan fingerprint density at radius 1 is 0.931 bits per heavy atom.